The Labute approximate surface area is 98.6 Å². The van der Waals surface area contributed by atoms with Crippen LogP contribution >= 0.6 is 0 Å². The van der Waals surface area contributed by atoms with Gasteiger partial charge >= 0.3 is 5.97 Å². The molecule has 0 aliphatic rings. The highest BCUT2D eigenvalue weighted by molar-refractivity contribution is 6.08. The van der Waals surface area contributed by atoms with E-state index in [1.54, 1.807) is 31.2 Å². The SMILES string of the molecule is CCOC(=O)c1cc(N)c(O)c2ccccc12. The number of rotatable bonds is 2. The van der Waals surface area contributed by atoms with E-state index in [-0.39, 0.29) is 11.4 Å². The van der Waals surface area contributed by atoms with Gasteiger partial charge in [0, 0.05) is 10.8 Å². The number of benzene rings is 2. The molecule has 0 atom stereocenters. The van der Waals surface area contributed by atoms with Gasteiger partial charge < -0.3 is 15.6 Å². The minimum Gasteiger partial charge on any atom is -0.505 e. The first-order valence-corrected chi connectivity index (χ1v) is 5.32. The quantitative estimate of drug-likeness (QED) is 0.472. The summed E-state index contributed by atoms with van der Waals surface area (Å²) in [5, 5.41) is 11.0. The second-order valence-electron chi connectivity index (χ2n) is 3.63. The summed E-state index contributed by atoms with van der Waals surface area (Å²) < 4.78 is 4.95. The molecule has 0 aromatic heterocycles. The molecule has 0 aliphatic carbocycles. The molecule has 0 radical (unpaired) electrons. The molecule has 0 saturated heterocycles. The van der Waals surface area contributed by atoms with E-state index in [4.69, 9.17) is 10.5 Å². The summed E-state index contributed by atoms with van der Waals surface area (Å²) in [6.45, 7) is 2.04. The Morgan fingerprint density at radius 3 is 2.65 bits per heavy atom. The van der Waals surface area contributed by atoms with E-state index >= 15 is 0 Å². The third-order valence-electron chi connectivity index (χ3n) is 2.54. The van der Waals surface area contributed by atoms with E-state index < -0.39 is 5.97 Å². The predicted octanol–water partition coefficient (Wildman–Crippen LogP) is 2.30. The molecule has 88 valence electrons. The Hall–Kier alpha value is -2.23. The zero-order valence-corrected chi connectivity index (χ0v) is 9.43. The maximum atomic E-state index is 11.8. The van der Waals surface area contributed by atoms with Gasteiger partial charge in [-0.25, -0.2) is 4.79 Å². The minimum atomic E-state index is -0.435. The van der Waals surface area contributed by atoms with Crippen LogP contribution in [0.25, 0.3) is 10.8 Å². The maximum absolute atomic E-state index is 11.8. The second-order valence-corrected chi connectivity index (χ2v) is 3.63. The Morgan fingerprint density at radius 2 is 2.00 bits per heavy atom. The molecule has 0 aliphatic heterocycles. The highest BCUT2D eigenvalue weighted by atomic mass is 16.5. The molecule has 0 bridgehead atoms. The summed E-state index contributed by atoms with van der Waals surface area (Å²) >= 11 is 0. The molecule has 0 unspecified atom stereocenters. The second kappa shape index (κ2) is 4.33. The van der Waals surface area contributed by atoms with Crippen LogP contribution in [-0.2, 0) is 4.74 Å². The lowest BCUT2D eigenvalue weighted by Crippen LogP contribution is -2.06. The standard InChI is InChI=1S/C13H13NO3/c1-2-17-13(16)10-7-11(14)12(15)9-6-4-3-5-8(9)10/h3-7,15H,2,14H2,1H3. The van der Waals surface area contributed by atoms with Gasteiger partial charge in [0.15, 0.2) is 0 Å². The highest BCUT2D eigenvalue weighted by Gasteiger charge is 2.15. The average Bonchev–Trinajstić information content (AvgIpc) is 2.34. The van der Waals surface area contributed by atoms with Crippen molar-refractivity contribution >= 4 is 22.4 Å². The largest absolute Gasteiger partial charge is 0.505 e. The molecular weight excluding hydrogens is 218 g/mol. The Kier molecular flexibility index (Phi) is 2.87. The van der Waals surface area contributed by atoms with Crippen molar-refractivity contribution in [2.24, 2.45) is 0 Å². The molecule has 0 fully saturated rings. The number of phenolic OH excluding ortho intramolecular Hbond substituents is 1. The normalized spacial score (nSPS) is 10.4. The molecule has 0 heterocycles. The summed E-state index contributed by atoms with van der Waals surface area (Å²) in [5.41, 5.74) is 6.21. The molecule has 2 aromatic carbocycles. The van der Waals surface area contributed by atoms with Gasteiger partial charge in [0.2, 0.25) is 0 Å². The van der Waals surface area contributed by atoms with Gasteiger partial charge in [-0.1, -0.05) is 24.3 Å². The first-order valence-electron chi connectivity index (χ1n) is 5.32. The van der Waals surface area contributed by atoms with E-state index in [9.17, 15) is 9.90 Å². The molecule has 0 saturated carbocycles. The zero-order chi connectivity index (χ0) is 12.4. The van der Waals surface area contributed by atoms with Gasteiger partial charge in [-0.15, -0.1) is 0 Å². The fourth-order valence-electron chi connectivity index (χ4n) is 1.76. The van der Waals surface area contributed by atoms with Crippen LogP contribution in [0.1, 0.15) is 17.3 Å². The van der Waals surface area contributed by atoms with Gasteiger partial charge in [0.05, 0.1) is 17.9 Å². The molecule has 4 nitrogen and oxygen atoms in total. The van der Waals surface area contributed by atoms with Gasteiger partial charge in [-0.2, -0.15) is 0 Å². The summed E-state index contributed by atoms with van der Waals surface area (Å²) in [7, 11) is 0. The number of phenols is 1. The topological polar surface area (TPSA) is 72.5 Å². The van der Waals surface area contributed by atoms with Crippen molar-refractivity contribution < 1.29 is 14.6 Å². The van der Waals surface area contributed by atoms with E-state index in [0.29, 0.717) is 22.9 Å². The number of aromatic hydroxyl groups is 1. The van der Waals surface area contributed by atoms with Crippen molar-refractivity contribution in [1.29, 1.82) is 0 Å². The van der Waals surface area contributed by atoms with Crippen molar-refractivity contribution in [3.63, 3.8) is 0 Å². The smallest absolute Gasteiger partial charge is 0.338 e. The number of ether oxygens (including phenoxy) is 1. The van der Waals surface area contributed by atoms with Gasteiger partial charge in [0.1, 0.15) is 5.75 Å². The van der Waals surface area contributed by atoms with Crippen LogP contribution < -0.4 is 5.73 Å². The molecule has 17 heavy (non-hydrogen) atoms. The van der Waals surface area contributed by atoms with E-state index in [2.05, 4.69) is 0 Å². The van der Waals surface area contributed by atoms with Crippen molar-refractivity contribution in [2.45, 2.75) is 6.92 Å². The highest BCUT2D eigenvalue weighted by Crippen LogP contribution is 2.33. The maximum Gasteiger partial charge on any atom is 0.338 e. The molecule has 2 rings (SSSR count). The summed E-state index contributed by atoms with van der Waals surface area (Å²) in [6.07, 6.45) is 0. The average molecular weight is 231 g/mol. The van der Waals surface area contributed by atoms with Crippen LogP contribution in [0.15, 0.2) is 30.3 Å². The van der Waals surface area contributed by atoms with E-state index in [0.717, 1.165) is 0 Å². The molecule has 3 N–H and O–H groups in total. The van der Waals surface area contributed by atoms with Gasteiger partial charge in [0.25, 0.3) is 0 Å². The Bertz CT molecular complexity index is 578. The summed E-state index contributed by atoms with van der Waals surface area (Å²) in [4.78, 5) is 11.8. The molecule has 0 amide bonds. The molecular formula is C13H13NO3. The van der Waals surface area contributed by atoms with Crippen molar-refractivity contribution in [3.05, 3.63) is 35.9 Å². The van der Waals surface area contributed by atoms with Crippen molar-refractivity contribution in [1.82, 2.24) is 0 Å². The van der Waals surface area contributed by atoms with Crippen LogP contribution in [0.2, 0.25) is 0 Å². The lowest BCUT2D eigenvalue weighted by Gasteiger charge is -2.09. The molecule has 2 aromatic rings. The predicted molar refractivity (Wildman–Crippen MR) is 66.0 cm³/mol. The Morgan fingerprint density at radius 1 is 1.35 bits per heavy atom. The van der Waals surface area contributed by atoms with Gasteiger partial charge in [-0.05, 0) is 13.0 Å². The van der Waals surface area contributed by atoms with Crippen LogP contribution in [0.4, 0.5) is 5.69 Å². The summed E-state index contributed by atoms with van der Waals surface area (Å²) in [6, 6.07) is 8.47. The van der Waals surface area contributed by atoms with Gasteiger partial charge in [-0.3, -0.25) is 0 Å². The molecule has 0 spiro atoms. The van der Waals surface area contributed by atoms with Crippen LogP contribution in [0, 0.1) is 0 Å². The summed E-state index contributed by atoms with van der Waals surface area (Å²) in [5.74, 6) is -0.441. The first-order chi connectivity index (χ1) is 8.15. The lowest BCUT2D eigenvalue weighted by atomic mass is 10.0. The number of anilines is 1. The minimum absolute atomic E-state index is 0.00588. The fourth-order valence-corrected chi connectivity index (χ4v) is 1.76. The number of carbonyl (C=O) groups excluding carboxylic acids is 1. The number of carbonyl (C=O) groups is 1. The number of nitrogen functional groups attached to an aromatic ring is 1. The van der Waals surface area contributed by atoms with Crippen LogP contribution in [-0.4, -0.2) is 17.7 Å². The van der Waals surface area contributed by atoms with Crippen molar-refractivity contribution in [2.75, 3.05) is 12.3 Å². The Balaban J connectivity index is 2.71. The zero-order valence-electron chi connectivity index (χ0n) is 9.43. The number of hydrogen-bond donors (Lipinski definition) is 2. The van der Waals surface area contributed by atoms with Crippen LogP contribution in [0.3, 0.4) is 0 Å². The number of fused-ring (bicyclic) bond motifs is 1. The van der Waals surface area contributed by atoms with E-state index in [1.165, 1.54) is 6.07 Å². The first kappa shape index (κ1) is 11.3. The number of nitrogens with two attached hydrogens (primary N) is 1. The van der Waals surface area contributed by atoms with Crippen molar-refractivity contribution in [3.8, 4) is 5.75 Å². The third-order valence-corrected chi connectivity index (χ3v) is 2.54. The molecule has 4 heteroatoms. The lowest BCUT2D eigenvalue weighted by molar-refractivity contribution is 0.0529. The van der Waals surface area contributed by atoms with Crippen LogP contribution in [0.5, 0.6) is 5.75 Å². The fraction of sp³-hybridized carbons (Fsp3) is 0.154. The number of esters is 1. The third kappa shape index (κ3) is 1.89. The monoisotopic (exact) mass is 231 g/mol. The van der Waals surface area contributed by atoms with E-state index in [1.807, 2.05) is 0 Å². The number of hydrogen-bond acceptors (Lipinski definition) is 4.